The predicted molar refractivity (Wildman–Crippen MR) is 57.7 cm³/mol. The minimum absolute atomic E-state index is 0. The van der Waals surface area contributed by atoms with Crippen LogP contribution < -0.4 is 5.73 Å². The molecule has 0 aromatic heterocycles. The zero-order valence-corrected chi connectivity index (χ0v) is 9.52. The number of nitrogens with two attached hydrogens (primary N) is 1. The van der Waals surface area contributed by atoms with Gasteiger partial charge in [-0.2, -0.15) is 0 Å². The Kier molecular flexibility index (Phi) is 8.23. The van der Waals surface area contributed by atoms with E-state index in [-0.39, 0.29) is 18.4 Å². The Morgan fingerprint density at radius 2 is 2.20 bits per heavy atom. The third-order valence-corrected chi connectivity index (χ3v) is 2.34. The standard InChI is InChI=1S/C9H18F2N2O.ClH/c10-9(11)7-14-5-4-13-3-1-2-8(12)6-13;/h8-9H,1-7,12H2;1H. The molecular weight excluding hydrogens is 226 g/mol. The van der Waals surface area contributed by atoms with Gasteiger partial charge < -0.3 is 10.5 Å². The highest BCUT2D eigenvalue weighted by Crippen LogP contribution is 2.07. The zero-order chi connectivity index (χ0) is 10.4. The minimum Gasteiger partial charge on any atom is -0.374 e. The summed E-state index contributed by atoms with van der Waals surface area (Å²) in [6, 6.07) is 0.235. The van der Waals surface area contributed by atoms with Gasteiger partial charge >= 0.3 is 0 Å². The summed E-state index contributed by atoms with van der Waals surface area (Å²) in [7, 11) is 0. The first kappa shape index (κ1) is 15.0. The molecule has 92 valence electrons. The fourth-order valence-electron chi connectivity index (χ4n) is 1.66. The van der Waals surface area contributed by atoms with Crippen molar-refractivity contribution in [3.05, 3.63) is 0 Å². The lowest BCUT2D eigenvalue weighted by Crippen LogP contribution is -2.44. The molecule has 1 saturated heterocycles. The van der Waals surface area contributed by atoms with Crippen LogP contribution in [-0.2, 0) is 4.74 Å². The number of piperidine rings is 1. The van der Waals surface area contributed by atoms with Crippen LogP contribution in [0.15, 0.2) is 0 Å². The van der Waals surface area contributed by atoms with Crippen molar-refractivity contribution < 1.29 is 13.5 Å². The van der Waals surface area contributed by atoms with Crippen molar-refractivity contribution in [1.82, 2.24) is 4.90 Å². The second-order valence-electron chi connectivity index (χ2n) is 3.67. The first-order chi connectivity index (χ1) is 6.68. The van der Waals surface area contributed by atoms with E-state index in [4.69, 9.17) is 10.5 Å². The molecule has 0 aliphatic carbocycles. The highest BCUT2D eigenvalue weighted by Gasteiger charge is 2.15. The van der Waals surface area contributed by atoms with E-state index in [1.165, 1.54) is 0 Å². The molecule has 0 radical (unpaired) electrons. The molecule has 0 amide bonds. The van der Waals surface area contributed by atoms with Crippen molar-refractivity contribution in [1.29, 1.82) is 0 Å². The molecule has 0 aromatic rings. The molecule has 3 nitrogen and oxygen atoms in total. The van der Waals surface area contributed by atoms with Gasteiger partial charge in [-0.15, -0.1) is 12.4 Å². The van der Waals surface area contributed by atoms with Crippen LogP contribution in [0.3, 0.4) is 0 Å². The lowest BCUT2D eigenvalue weighted by Gasteiger charge is -2.30. The number of halogens is 3. The molecule has 15 heavy (non-hydrogen) atoms. The first-order valence-corrected chi connectivity index (χ1v) is 5.02. The van der Waals surface area contributed by atoms with Gasteiger partial charge in [-0.1, -0.05) is 0 Å². The van der Waals surface area contributed by atoms with E-state index in [1.807, 2.05) is 0 Å². The van der Waals surface area contributed by atoms with E-state index in [1.54, 1.807) is 0 Å². The molecule has 0 saturated carbocycles. The molecule has 2 N–H and O–H groups in total. The molecule has 1 aliphatic rings. The Balaban J connectivity index is 0.00000196. The van der Waals surface area contributed by atoms with Crippen LogP contribution in [0.2, 0.25) is 0 Å². The van der Waals surface area contributed by atoms with E-state index in [9.17, 15) is 8.78 Å². The monoisotopic (exact) mass is 244 g/mol. The van der Waals surface area contributed by atoms with Crippen LogP contribution >= 0.6 is 12.4 Å². The molecular formula is C9H19ClF2N2O. The molecule has 0 bridgehead atoms. The maximum Gasteiger partial charge on any atom is 0.261 e. The lowest BCUT2D eigenvalue weighted by molar-refractivity contribution is 0.00773. The van der Waals surface area contributed by atoms with Crippen molar-refractivity contribution in [2.45, 2.75) is 25.3 Å². The van der Waals surface area contributed by atoms with Gasteiger partial charge in [0.1, 0.15) is 6.61 Å². The number of hydrogen-bond donors (Lipinski definition) is 1. The van der Waals surface area contributed by atoms with Crippen LogP contribution in [0.1, 0.15) is 12.8 Å². The van der Waals surface area contributed by atoms with Crippen molar-refractivity contribution in [3.63, 3.8) is 0 Å². The van der Waals surface area contributed by atoms with Gasteiger partial charge in [-0.3, -0.25) is 4.90 Å². The Labute approximate surface area is 95.4 Å². The molecule has 1 rings (SSSR count). The summed E-state index contributed by atoms with van der Waals surface area (Å²) in [5, 5.41) is 0. The molecule has 1 unspecified atom stereocenters. The number of hydrogen-bond acceptors (Lipinski definition) is 3. The number of rotatable bonds is 5. The first-order valence-electron chi connectivity index (χ1n) is 5.02. The smallest absolute Gasteiger partial charge is 0.261 e. The van der Waals surface area contributed by atoms with Crippen molar-refractivity contribution >= 4 is 12.4 Å². The highest BCUT2D eigenvalue weighted by atomic mass is 35.5. The van der Waals surface area contributed by atoms with Crippen LogP contribution in [0.25, 0.3) is 0 Å². The Bertz CT molecular complexity index is 163. The summed E-state index contributed by atoms with van der Waals surface area (Å²) < 4.78 is 28.2. The van der Waals surface area contributed by atoms with E-state index < -0.39 is 13.0 Å². The van der Waals surface area contributed by atoms with Gasteiger partial charge in [-0.25, -0.2) is 8.78 Å². The number of nitrogens with zero attached hydrogens (tertiary/aromatic N) is 1. The summed E-state index contributed by atoms with van der Waals surface area (Å²) in [4.78, 5) is 2.17. The van der Waals surface area contributed by atoms with Crippen molar-refractivity contribution in [3.8, 4) is 0 Å². The van der Waals surface area contributed by atoms with Crippen LogP contribution in [-0.4, -0.2) is 50.2 Å². The molecule has 1 fully saturated rings. The van der Waals surface area contributed by atoms with Gasteiger partial charge in [0.05, 0.1) is 6.61 Å². The van der Waals surface area contributed by atoms with E-state index >= 15 is 0 Å². The van der Waals surface area contributed by atoms with Gasteiger partial charge in [0.15, 0.2) is 0 Å². The van der Waals surface area contributed by atoms with Gasteiger partial charge in [0.2, 0.25) is 0 Å². The SMILES string of the molecule is Cl.NC1CCCN(CCOCC(F)F)C1. The van der Waals surface area contributed by atoms with Crippen LogP contribution in [0.4, 0.5) is 8.78 Å². The maximum absolute atomic E-state index is 11.7. The van der Waals surface area contributed by atoms with Crippen molar-refractivity contribution in [2.24, 2.45) is 5.73 Å². The lowest BCUT2D eigenvalue weighted by atomic mass is 10.1. The zero-order valence-electron chi connectivity index (χ0n) is 8.70. The largest absolute Gasteiger partial charge is 0.374 e. The topological polar surface area (TPSA) is 38.5 Å². The summed E-state index contributed by atoms with van der Waals surface area (Å²) in [5.41, 5.74) is 5.78. The molecule has 0 spiro atoms. The Morgan fingerprint density at radius 3 is 2.80 bits per heavy atom. The molecule has 6 heteroatoms. The van der Waals surface area contributed by atoms with Gasteiger partial charge in [0.25, 0.3) is 6.43 Å². The summed E-state index contributed by atoms with van der Waals surface area (Å²) in [6.45, 7) is 2.49. The average molecular weight is 245 g/mol. The number of alkyl halides is 2. The van der Waals surface area contributed by atoms with Crippen molar-refractivity contribution in [2.75, 3.05) is 32.8 Å². The Morgan fingerprint density at radius 1 is 1.47 bits per heavy atom. The quantitative estimate of drug-likeness (QED) is 0.737. The van der Waals surface area contributed by atoms with Gasteiger partial charge in [-0.05, 0) is 19.4 Å². The number of ether oxygens (including phenoxy) is 1. The fraction of sp³-hybridized carbons (Fsp3) is 1.00. The number of likely N-dealkylation sites (tertiary alicyclic amines) is 1. The second-order valence-corrected chi connectivity index (χ2v) is 3.67. The van der Waals surface area contributed by atoms with Crippen LogP contribution in [0, 0.1) is 0 Å². The molecule has 0 aromatic carbocycles. The fourth-order valence-corrected chi connectivity index (χ4v) is 1.66. The van der Waals surface area contributed by atoms with Gasteiger partial charge in [0, 0.05) is 19.1 Å². The summed E-state index contributed by atoms with van der Waals surface area (Å²) in [6.07, 6.45) is -0.205. The summed E-state index contributed by atoms with van der Waals surface area (Å²) >= 11 is 0. The normalized spacial score (nSPS) is 22.8. The van der Waals surface area contributed by atoms with E-state index in [0.717, 1.165) is 25.9 Å². The predicted octanol–water partition coefficient (Wildman–Crippen LogP) is 1.11. The summed E-state index contributed by atoms with van der Waals surface area (Å²) in [5.74, 6) is 0. The highest BCUT2D eigenvalue weighted by molar-refractivity contribution is 5.85. The molecule has 1 atom stereocenters. The third kappa shape index (κ3) is 7.00. The molecule has 1 heterocycles. The Hall–Kier alpha value is 0.0300. The molecule has 1 aliphatic heterocycles. The minimum atomic E-state index is -2.36. The van der Waals surface area contributed by atoms with E-state index in [2.05, 4.69) is 4.90 Å². The second kappa shape index (κ2) is 8.21. The maximum atomic E-state index is 11.7. The van der Waals surface area contributed by atoms with E-state index in [0.29, 0.717) is 13.2 Å². The average Bonchev–Trinajstić information content (AvgIpc) is 2.12. The van der Waals surface area contributed by atoms with Crippen LogP contribution in [0.5, 0.6) is 0 Å². The third-order valence-electron chi connectivity index (χ3n) is 2.34.